The molecule has 0 saturated carbocycles. The molecular formula is C14H11N5O2S. The number of amides is 1. The van der Waals surface area contributed by atoms with Crippen LogP contribution in [0.25, 0.3) is 10.4 Å². The first-order valence-corrected chi connectivity index (χ1v) is 6.57. The topological polar surface area (TPSA) is 92.9 Å². The van der Waals surface area contributed by atoms with Crippen molar-refractivity contribution in [3.05, 3.63) is 57.6 Å². The van der Waals surface area contributed by atoms with Crippen LogP contribution in [0.4, 0.5) is 0 Å². The third-order valence-electron chi connectivity index (χ3n) is 2.72. The summed E-state index contributed by atoms with van der Waals surface area (Å²) in [6, 6.07) is 6.63. The van der Waals surface area contributed by atoms with Crippen LogP contribution in [0.2, 0.25) is 0 Å². The van der Waals surface area contributed by atoms with Gasteiger partial charge >= 0.3 is 0 Å². The lowest BCUT2D eigenvalue weighted by atomic mass is 10.0. The molecule has 0 saturated heterocycles. The van der Waals surface area contributed by atoms with E-state index < -0.39 is 5.91 Å². The molecule has 1 heterocycles. The predicted molar refractivity (Wildman–Crippen MR) is 83.4 cm³/mol. The van der Waals surface area contributed by atoms with Gasteiger partial charge in [-0.25, -0.2) is 4.09 Å². The van der Waals surface area contributed by atoms with Crippen molar-refractivity contribution in [1.29, 1.82) is 0 Å². The Morgan fingerprint density at radius 2 is 2.36 bits per heavy atom. The molecule has 0 atom stereocenters. The summed E-state index contributed by atoms with van der Waals surface area (Å²) in [5, 5.41) is 7.09. The van der Waals surface area contributed by atoms with Crippen LogP contribution >= 0.6 is 12.8 Å². The van der Waals surface area contributed by atoms with Crippen molar-refractivity contribution in [1.82, 2.24) is 9.19 Å². The highest BCUT2D eigenvalue weighted by Crippen LogP contribution is 2.18. The van der Waals surface area contributed by atoms with Gasteiger partial charge in [-0.1, -0.05) is 18.1 Å². The molecule has 8 heteroatoms. The normalized spacial score (nSPS) is 9.36. The van der Waals surface area contributed by atoms with Crippen molar-refractivity contribution in [2.75, 3.05) is 0 Å². The Kier molecular flexibility index (Phi) is 5.09. The number of carbonyl (C=O) groups is 1. The highest BCUT2D eigenvalue weighted by atomic mass is 32.1. The molecule has 1 amide bonds. The molecule has 0 aliphatic carbocycles. The minimum Gasteiger partial charge on any atom is -0.472 e. The largest absolute Gasteiger partial charge is 0.472 e. The molecule has 0 bridgehead atoms. The number of nitrogens with zero attached hydrogens (tertiary/aromatic N) is 5. The van der Waals surface area contributed by atoms with Gasteiger partial charge < -0.3 is 4.74 Å². The molecule has 0 aliphatic heterocycles. The molecule has 2 aromatic rings. The number of carbonyl (C=O) groups excluding carboxylic acids is 1. The average Bonchev–Trinajstić information content (AvgIpc) is 2.92. The smallest absolute Gasteiger partial charge is 0.249 e. The molecule has 1 aromatic carbocycles. The lowest BCUT2D eigenvalue weighted by Crippen LogP contribution is -2.07. The highest BCUT2D eigenvalue weighted by molar-refractivity contribution is 7.78. The summed E-state index contributed by atoms with van der Waals surface area (Å²) < 4.78 is 6.84. The van der Waals surface area contributed by atoms with Gasteiger partial charge in [0.2, 0.25) is 11.8 Å². The van der Waals surface area contributed by atoms with Crippen molar-refractivity contribution in [3.63, 3.8) is 0 Å². The quantitative estimate of drug-likeness (QED) is 0.309. The Morgan fingerprint density at radius 3 is 3.00 bits per heavy atom. The van der Waals surface area contributed by atoms with E-state index in [-0.39, 0.29) is 12.2 Å². The van der Waals surface area contributed by atoms with Crippen molar-refractivity contribution in [3.8, 4) is 17.7 Å². The second-order valence-electron chi connectivity index (χ2n) is 4.06. The monoisotopic (exact) mass is 313 g/mol. The first-order valence-electron chi connectivity index (χ1n) is 6.17. The predicted octanol–water partition coefficient (Wildman–Crippen LogP) is 2.98. The molecule has 0 unspecified atom stereocenters. The van der Waals surface area contributed by atoms with Gasteiger partial charge in [-0.15, -0.1) is 11.0 Å². The Morgan fingerprint density at radius 1 is 1.55 bits per heavy atom. The molecule has 0 spiro atoms. The number of ether oxygens (including phenoxy) is 1. The van der Waals surface area contributed by atoms with Crippen LogP contribution in [0.3, 0.4) is 0 Å². The van der Waals surface area contributed by atoms with Gasteiger partial charge in [-0.05, 0) is 36.5 Å². The number of hydrogen-bond acceptors (Lipinski definition) is 4. The third-order valence-corrected chi connectivity index (χ3v) is 2.94. The Bertz CT molecular complexity index is 812. The number of benzene rings is 1. The van der Waals surface area contributed by atoms with E-state index in [2.05, 4.69) is 39.8 Å². The highest BCUT2D eigenvalue weighted by Gasteiger charge is 2.14. The van der Waals surface area contributed by atoms with Crippen LogP contribution < -0.4 is 4.74 Å². The molecule has 110 valence electrons. The van der Waals surface area contributed by atoms with E-state index in [1.54, 1.807) is 37.4 Å². The summed E-state index contributed by atoms with van der Waals surface area (Å²) in [6.07, 6.45) is 1.61. The second-order valence-corrected chi connectivity index (χ2v) is 4.47. The number of thiol groups is 1. The fourth-order valence-corrected chi connectivity index (χ4v) is 1.96. The van der Waals surface area contributed by atoms with Crippen molar-refractivity contribution in [2.45, 2.75) is 13.5 Å². The molecule has 0 fully saturated rings. The van der Waals surface area contributed by atoms with Crippen LogP contribution in [0.15, 0.2) is 35.6 Å². The first kappa shape index (κ1) is 15.5. The van der Waals surface area contributed by atoms with Gasteiger partial charge in [0.15, 0.2) is 0 Å². The summed E-state index contributed by atoms with van der Waals surface area (Å²) in [5.41, 5.74) is 9.86. The lowest BCUT2D eigenvalue weighted by Gasteiger charge is -2.10. The number of rotatable bonds is 4. The van der Waals surface area contributed by atoms with Crippen LogP contribution in [0.5, 0.6) is 5.88 Å². The van der Waals surface area contributed by atoms with Gasteiger partial charge in [0.25, 0.3) is 0 Å². The fraction of sp³-hybridized carbons (Fsp3) is 0.143. The van der Waals surface area contributed by atoms with Gasteiger partial charge in [-0.2, -0.15) is 0 Å². The minimum absolute atomic E-state index is 0.0671. The van der Waals surface area contributed by atoms with Crippen molar-refractivity contribution in [2.24, 2.45) is 5.11 Å². The van der Waals surface area contributed by atoms with E-state index in [0.717, 1.165) is 0 Å². The molecule has 0 N–H and O–H groups in total. The van der Waals surface area contributed by atoms with Gasteiger partial charge in [0, 0.05) is 33.9 Å². The Labute approximate surface area is 132 Å². The zero-order chi connectivity index (χ0) is 15.9. The maximum absolute atomic E-state index is 11.9. The van der Waals surface area contributed by atoms with E-state index in [9.17, 15) is 4.79 Å². The Balaban J connectivity index is 2.38. The summed E-state index contributed by atoms with van der Waals surface area (Å²) in [6.45, 7) is 1.76. The maximum atomic E-state index is 11.9. The van der Waals surface area contributed by atoms with Crippen LogP contribution in [-0.2, 0) is 6.61 Å². The van der Waals surface area contributed by atoms with E-state index in [1.807, 2.05) is 0 Å². The standard InChI is InChI=1S/C14H11N5O2S/c1-2-4-10-5-3-6-11(14(20)16-18-15)12(10)9-21-13-7-8-19(22)17-13/h3,5-8,22H,9H2,1H3. The number of azide groups is 1. The Hall–Kier alpha value is -2.88. The summed E-state index contributed by atoms with van der Waals surface area (Å²) in [4.78, 5) is 14.4. The molecular weight excluding hydrogens is 302 g/mol. The molecule has 7 nitrogen and oxygen atoms in total. The zero-order valence-electron chi connectivity index (χ0n) is 11.6. The van der Waals surface area contributed by atoms with Crippen molar-refractivity contribution >= 4 is 18.7 Å². The van der Waals surface area contributed by atoms with E-state index in [1.165, 1.54) is 4.09 Å². The molecule has 1 aromatic heterocycles. The summed E-state index contributed by atoms with van der Waals surface area (Å²) >= 11 is 4.01. The third kappa shape index (κ3) is 3.61. The molecule has 0 radical (unpaired) electrons. The van der Waals surface area contributed by atoms with E-state index in [0.29, 0.717) is 17.0 Å². The molecule has 2 rings (SSSR count). The van der Waals surface area contributed by atoms with Crippen LogP contribution in [0, 0.1) is 11.8 Å². The van der Waals surface area contributed by atoms with Gasteiger partial charge in [0.05, 0.1) is 0 Å². The average molecular weight is 313 g/mol. The lowest BCUT2D eigenvalue weighted by molar-refractivity contribution is 0.0997. The SMILES string of the molecule is CC#Cc1cccc(C(=O)N=[N+]=[N-])c1COc1ccn(S)n1. The zero-order valence-corrected chi connectivity index (χ0v) is 12.5. The minimum atomic E-state index is -0.680. The van der Waals surface area contributed by atoms with Crippen molar-refractivity contribution < 1.29 is 9.53 Å². The summed E-state index contributed by atoms with van der Waals surface area (Å²) in [5.74, 6) is 5.35. The van der Waals surface area contributed by atoms with E-state index >= 15 is 0 Å². The maximum Gasteiger partial charge on any atom is 0.249 e. The molecule has 0 aliphatic rings. The second kappa shape index (κ2) is 7.22. The van der Waals surface area contributed by atoms with E-state index in [4.69, 9.17) is 10.3 Å². The first-order chi connectivity index (χ1) is 10.7. The number of aromatic nitrogens is 2. The van der Waals surface area contributed by atoms with Gasteiger partial charge in [-0.3, -0.25) is 4.79 Å². The molecule has 22 heavy (non-hydrogen) atoms. The fourth-order valence-electron chi connectivity index (χ4n) is 1.81. The van der Waals surface area contributed by atoms with Crippen LogP contribution in [-0.4, -0.2) is 15.1 Å². The number of hydrogen-bond donors (Lipinski definition) is 1. The van der Waals surface area contributed by atoms with Gasteiger partial charge in [0.1, 0.15) is 6.61 Å². The van der Waals surface area contributed by atoms with Crippen LogP contribution in [0.1, 0.15) is 28.4 Å². The summed E-state index contributed by atoms with van der Waals surface area (Å²) in [7, 11) is 0.